The lowest BCUT2D eigenvalue weighted by atomic mass is 9.74. The van der Waals surface area contributed by atoms with Crippen LogP contribution in [0.2, 0.25) is 0 Å². The molecule has 2 rings (SSSR count). The summed E-state index contributed by atoms with van der Waals surface area (Å²) in [5, 5.41) is 0. The lowest BCUT2D eigenvalue weighted by Crippen LogP contribution is -2.46. The quantitative estimate of drug-likeness (QED) is 0.756. The third kappa shape index (κ3) is 4.19. The van der Waals surface area contributed by atoms with Crippen molar-refractivity contribution in [3.05, 3.63) is 11.8 Å². The maximum atomic E-state index is 13.2. The van der Waals surface area contributed by atoms with Gasteiger partial charge in [0.25, 0.3) is 0 Å². The number of aromatic nitrogens is 2. The van der Waals surface area contributed by atoms with Crippen LogP contribution in [0.4, 0.5) is 24.9 Å². The van der Waals surface area contributed by atoms with Crippen LogP contribution in [0.3, 0.4) is 0 Å². The van der Waals surface area contributed by atoms with Crippen molar-refractivity contribution < 1.29 is 22.7 Å². The molecule has 0 saturated carbocycles. The first-order valence-electron chi connectivity index (χ1n) is 8.43. The van der Waals surface area contributed by atoms with Crippen LogP contribution in [0.1, 0.15) is 32.4 Å². The SMILES string of the molecule is COC(=O)C(C)(C)C1CCCN(c2nc(N(C)C)cc(C(F)(F)F)n2)C1. The summed E-state index contributed by atoms with van der Waals surface area (Å²) in [7, 11) is 4.60. The first-order chi connectivity index (χ1) is 12.0. The molecule has 0 bridgehead atoms. The van der Waals surface area contributed by atoms with Gasteiger partial charge < -0.3 is 14.5 Å². The molecule has 2 heterocycles. The number of carbonyl (C=O) groups excluding carboxylic acids is 1. The Labute approximate surface area is 151 Å². The molecule has 0 spiro atoms. The molecular weight excluding hydrogens is 349 g/mol. The summed E-state index contributed by atoms with van der Waals surface area (Å²) in [4.78, 5) is 23.3. The van der Waals surface area contributed by atoms with E-state index in [1.807, 2.05) is 0 Å². The molecule has 0 N–H and O–H groups in total. The van der Waals surface area contributed by atoms with Gasteiger partial charge in [-0.15, -0.1) is 0 Å². The smallest absolute Gasteiger partial charge is 0.433 e. The number of piperidine rings is 1. The fourth-order valence-corrected chi connectivity index (χ4v) is 3.12. The Morgan fingerprint density at radius 1 is 1.31 bits per heavy atom. The Morgan fingerprint density at radius 3 is 2.50 bits per heavy atom. The number of rotatable bonds is 4. The van der Waals surface area contributed by atoms with Crippen LogP contribution in [-0.4, -0.2) is 50.2 Å². The predicted molar refractivity (Wildman–Crippen MR) is 92.1 cm³/mol. The molecule has 1 aromatic heterocycles. The van der Waals surface area contributed by atoms with Gasteiger partial charge in [0.2, 0.25) is 5.95 Å². The van der Waals surface area contributed by atoms with Gasteiger partial charge in [0.05, 0.1) is 12.5 Å². The minimum atomic E-state index is -4.55. The van der Waals surface area contributed by atoms with Crippen LogP contribution in [-0.2, 0) is 15.7 Å². The fraction of sp³-hybridized carbons (Fsp3) is 0.706. The number of esters is 1. The molecule has 6 nitrogen and oxygen atoms in total. The summed E-state index contributed by atoms with van der Waals surface area (Å²) >= 11 is 0. The maximum absolute atomic E-state index is 13.2. The van der Waals surface area contributed by atoms with Crippen molar-refractivity contribution in [2.24, 2.45) is 11.3 Å². The van der Waals surface area contributed by atoms with E-state index in [0.717, 1.165) is 18.9 Å². The minimum Gasteiger partial charge on any atom is -0.469 e. The zero-order valence-electron chi connectivity index (χ0n) is 15.7. The summed E-state index contributed by atoms with van der Waals surface area (Å²) in [5.41, 5.74) is -1.71. The van der Waals surface area contributed by atoms with E-state index in [1.54, 1.807) is 32.8 Å². The van der Waals surface area contributed by atoms with Gasteiger partial charge in [-0.25, -0.2) is 4.98 Å². The molecule has 146 valence electrons. The van der Waals surface area contributed by atoms with E-state index in [0.29, 0.717) is 13.1 Å². The molecule has 0 amide bonds. The highest BCUT2D eigenvalue weighted by Crippen LogP contribution is 2.37. The Bertz CT molecular complexity index is 662. The standard InChI is InChI=1S/C17H25F3N4O2/c1-16(2,14(25)26-5)11-7-6-8-24(10-11)15-21-12(17(18,19)20)9-13(22-15)23(3)4/h9,11H,6-8,10H2,1-5H3. The van der Waals surface area contributed by atoms with Crippen molar-refractivity contribution in [2.75, 3.05) is 44.1 Å². The third-order valence-electron chi connectivity index (χ3n) is 4.89. The van der Waals surface area contributed by atoms with E-state index in [-0.39, 0.29) is 23.7 Å². The van der Waals surface area contributed by atoms with Crippen molar-refractivity contribution in [1.29, 1.82) is 0 Å². The first-order valence-corrected chi connectivity index (χ1v) is 8.43. The molecule has 0 aliphatic carbocycles. The summed E-state index contributed by atoms with van der Waals surface area (Å²) in [5.74, 6) is -0.168. The van der Waals surface area contributed by atoms with Gasteiger partial charge in [-0.05, 0) is 32.6 Å². The van der Waals surface area contributed by atoms with Gasteiger partial charge in [-0.3, -0.25) is 4.79 Å². The van der Waals surface area contributed by atoms with Crippen LogP contribution in [0, 0.1) is 11.3 Å². The molecule has 0 radical (unpaired) electrons. The lowest BCUT2D eigenvalue weighted by molar-refractivity contribution is -0.154. The van der Waals surface area contributed by atoms with E-state index in [9.17, 15) is 18.0 Å². The van der Waals surface area contributed by atoms with E-state index in [4.69, 9.17) is 4.74 Å². The number of methoxy groups -OCH3 is 1. The van der Waals surface area contributed by atoms with Crippen molar-refractivity contribution in [2.45, 2.75) is 32.9 Å². The first kappa shape index (κ1) is 20.3. The zero-order chi connectivity index (χ0) is 19.7. The fourth-order valence-electron chi connectivity index (χ4n) is 3.12. The van der Waals surface area contributed by atoms with Crippen molar-refractivity contribution in [1.82, 2.24) is 9.97 Å². The van der Waals surface area contributed by atoms with Crippen LogP contribution in [0.25, 0.3) is 0 Å². The zero-order valence-corrected chi connectivity index (χ0v) is 15.7. The van der Waals surface area contributed by atoms with Gasteiger partial charge in [-0.1, -0.05) is 0 Å². The molecule has 1 fully saturated rings. The summed E-state index contributed by atoms with van der Waals surface area (Å²) < 4.78 is 44.5. The Balaban J connectivity index is 2.35. The van der Waals surface area contributed by atoms with Crippen molar-refractivity contribution in [3.63, 3.8) is 0 Å². The number of alkyl halides is 3. The Hall–Kier alpha value is -2.06. The van der Waals surface area contributed by atoms with Gasteiger partial charge >= 0.3 is 12.1 Å². The number of halogens is 3. The number of anilines is 2. The Kier molecular flexibility index (Phi) is 5.67. The van der Waals surface area contributed by atoms with Gasteiger partial charge in [0.15, 0.2) is 5.69 Å². The maximum Gasteiger partial charge on any atom is 0.433 e. The molecule has 1 atom stereocenters. The van der Waals surface area contributed by atoms with Gasteiger partial charge in [-0.2, -0.15) is 18.2 Å². The van der Waals surface area contributed by atoms with E-state index < -0.39 is 17.3 Å². The molecule has 1 saturated heterocycles. The molecule has 9 heteroatoms. The molecule has 26 heavy (non-hydrogen) atoms. The molecule has 0 aromatic carbocycles. The number of nitrogens with zero attached hydrogens (tertiary/aromatic N) is 4. The van der Waals surface area contributed by atoms with Crippen LogP contribution >= 0.6 is 0 Å². The second kappa shape index (κ2) is 7.28. The van der Waals surface area contributed by atoms with E-state index in [1.165, 1.54) is 12.0 Å². The molecule has 1 aromatic rings. The molecule has 1 unspecified atom stereocenters. The highest BCUT2D eigenvalue weighted by molar-refractivity contribution is 5.76. The highest BCUT2D eigenvalue weighted by atomic mass is 19.4. The predicted octanol–water partition coefficient (Wildman–Crippen LogP) is 2.98. The van der Waals surface area contributed by atoms with Crippen molar-refractivity contribution >= 4 is 17.7 Å². The molecular formula is C17H25F3N4O2. The van der Waals surface area contributed by atoms with Crippen LogP contribution in [0.15, 0.2) is 6.07 Å². The van der Waals surface area contributed by atoms with Crippen molar-refractivity contribution in [3.8, 4) is 0 Å². The average Bonchev–Trinajstić information content (AvgIpc) is 2.59. The summed E-state index contributed by atoms with van der Waals surface area (Å²) in [6.45, 7) is 4.54. The summed E-state index contributed by atoms with van der Waals surface area (Å²) in [6.07, 6.45) is -3.02. The minimum absolute atomic E-state index is 0.0360. The number of ether oxygens (including phenoxy) is 1. The largest absolute Gasteiger partial charge is 0.469 e. The normalized spacial score (nSPS) is 18.6. The van der Waals surface area contributed by atoms with E-state index in [2.05, 4.69) is 9.97 Å². The van der Waals surface area contributed by atoms with E-state index >= 15 is 0 Å². The number of carbonyl (C=O) groups is 1. The topological polar surface area (TPSA) is 58.6 Å². The third-order valence-corrected chi connectivity index (χ3v) is 4.89. The lowest BCUT2D eigenvalue weighted by Gasteiger charge is -2.40. The average molecular weight is 374 g/mol. The molecule has 1 aliphatic rings. The van der Waals surface area contributed by atoms with Crippen LogP contribution in [0.5, 0.6) is 0 Å². The Morgan fingerprint density at radius 2 is 1.96 bits per heavy atom. The number of hydrogen-bond acceptors (Lipinski definition) is 6. The van der Waals surface area contributed by atoms with Crippen LogP contribution < -0.4 is 9.80 Å². The van der Waals surface area contributed by atoms with Gasteiger partial charge in [0.1, 0.15) is 5.82 Å². The van der Waals surface area contributed by atoms with Gasteiger partial charge in [0, 0.05) is 33.3 Å². The second-order valence-corrected chi connectivity index (χ2v) is 7.30. The monoisotopic (exact) mass is 374 g/mol. The molecule has 1 aliphatic heterocycles. The number of hydrogen-bond donors (Lipinski definition) is 0. The second-order valence-electron chi connectivity index (χ2n) is 7.30. The summed E-state index contributed by atoms with van der Waals surface area (Å²) in [6, 6.07) is 0.934. The highest BCUT2D eigenvalue weighted by Gasteiger charge is 2.41.